The highest BCUT2D eigenvalue weighted by molar-refractivity contribution is 6.68. The number of para-hydroxylation sites is 1. The van der Waals surface area contributed by atoms with Crippen LogP contribution in [0.5, 0.6) is 5.75 Å². The molecule has 0 unspecified atom stereocenters. The molecule has 0 aromatic heterocycles. The Labute approximate surface area is 165 Å². The molecule has 0 N–H and O–H groups in total. The van der Waals surface area contributed by atoms with E-state index >= 15 is 0 Å². The fourth-order valence-corrected chi connectivity index (χ4v) is 3.39. The summed E-state index contributed by atoms with van der Waals surface area (Å²) in [6.45, 7) is 2.93. The largest absolute Gasteiger partial charge is 0.493 e. The van der Waals surface area contributed by atoms with Crippen molar-refractivity contribution >= 4 is 16.8 Å². The van der Waals surface area contributed by atoms with Gasteiger partial charge in [-0.05, 0) is 30.2 Å². The second kappa shape index (κ2) is 16.2. The molecule has 3 heteroatoms. The molecule has 2 nitrogen and oxygen atoms in total. The Kier molecular flexibility index (Phi) is 14.3. The predicted molar refractivity (Wildman–Crippen MR) is 112 cm³/mol. The van der Waals surface area contributed by atoms with E-state index in [1.165, 1.54) is 83.5 Å². The van der Waals surface area contributed by atoms with Crippen molar-refractivity contribution in [2.24, 2.45) is 0 Å². The quantitative estimate of drug-likeness (QED) is 0.202. The van der Waals surface area contributed by atoms with Gasteiger partial charge in [0, 0.05) is 0 Å². The van der Waals surface area contributed by atoms with Crippen LogP contribution in [0.25, 0.3) is 0 Å². The highest BCUT2D eigenvalue weighted by Crippen LogP contribution is 2.20. The van der Waals surface area contributed by atoms with Gasteiger partial charge in [-0.15, -0.1) is 0 Å². The number of unbranched alkanes of at least 4 members (excludes halogenated alkanes) is 13. The maximum Gasteiger partial charge on any atom is 0.256 e. The average Bonchev–Trinajstić information content (AvgIpc) is 2.65. The Bertz CT molecular complexity index is 473. The molecule has 0 amide bonds. The van der Waals surface area contributed by atoms with Gasteiger partial charge in [0.15, 0.2) is 0 Å². The van der Waals surface area contributed by atoms with Crippen LogP contribution in [0.15, 0.2) is 24.3 Å². The molecule has 0 saturated heterocycles. The highest BCUT2D eigenvalue weighted by Gasteiger charge is 2.08. The van der Waals surface area contributed by atoms with E-state index in [0.717, 1.165) is 6.42 Å². The summed E-state index contributed by atoms with van der Waals surface area (Å²) in [5.41, 5.74) is 0.458. The van der Waals surface area contributed by atoms with Crippen molar-refractivity contribution in [3.05, 3.63) is 29.8 Å². The molecule has 148 valence electrons. The molecular weight excluding hydrogens is 344 g/mol. The zero-order chi connectivity index (χ0) is 18.9. The van der Waals surface area contributed by atoms with Crippen LogP contribution >= 0.6 is 11.6 Å². The molecule has 0 aliphatic rings. The molecule has 0 atom stereocenters. The van der Waals surface area contributed by atoms with E-state index in [1.807, 2.05) is 6.07 Å². The number of halogens is 1. The van der Waals surface area contributed by atoms with Gasteiger partial charge in [-0.2, -0.15) is 0 Å². The lowest BCUT2D eigenvalue weighted by Gasteiger charge is -2.08. The molecule has 0 fully saturated rings. The van der Waals surface area contributed by atoms with Crippen molar-refractivity contribution in [3.8, 4) is 5.75 Å². The summed E-state index contributed by atoms with van der Waals surface area (Å²) in [6.07, 6.45) is 18.8. The van der Waals surface area contributed by atoms with E-state index < -0.39 is 5.24 Å². The maximum absolute atomic E-state index is 11.3. The predicted octanol–water partition coefficient (Wildman–Crippen LogP) is 7.93. The van der Waals surface area contributed by atoms with Crippen molar-refractivity contribution in [1.82, 2.24) is 0 Å². The van der Waals surface area contributed by atoms with Gasteiger partial charge in [-0.1, -0.05) is 103 Å². The number of rotatable bonds is 17. The van der Waals surface area contributed by atoms with E-state index in [-0.39, 0.29) is 0 Å². The number of ether oxygens (including phenoxy) is 1. The second-order valence-corrected chi connectivity index (χ2v) is 7.56. The van der Waals surface area contributed by atoms with Crippen LogP contribution in [0, 0.1) is 0 Å². The van der Waals surface area contributed by atoms with Gasteiger partial charge < -0.3 is 4.74 Å². The second-order valence-electron chi connectivity index (χ2n) is 7.21. The molecular formula is C23H37ClO2. The first-order chi connectivity index (χ1) is 12.8. The lowest BCUT2D eigenvalue weighted by molar-refractivity contribution is 0.107. The first-order valence-electron chi connectivity index (χ1n) is 10.7. The number of hydrogen-bond donors (Lipinski definition) is 0. The number of hydrogen-bond acceptors (Lipinski definition) is 2. The zero-order valence-corrected chi connectivity index (χ0v) is 17.4. The van der Waals surface area contributed by atoms with Gasteiger partial charge in [0.05, 0.1) is 12.2 Å². The van der Waals surface area contributed by atoms with Crippen molar-refractivity contribution in [1.29, 1.82) is 0 Å². The topological polar surface area (TPSA) is 26.3 Å². The first kappa shape index (κ1) is 23.0. The number of carbonyl (C=O) groups excluding carboxylic acids is 1. The van der Waals surface area contributed by atoms with Crippen LogP contribution in [-0.4, -0.2) is 11.8 Å². The van der Waals surface area contributed by atoms with E-state index in [2.05, 4.69) is 6.92 Å². The lowest BCUT2D eigenvalue weighted by Crippen LogP contribution is -2.01. The molecule has 0 spiro atoms. The third-order valence-electron chi connectivity index (χ3n) is 4.85. The van der Waals surface area contributed by atoms with Crippen molar-refractivity contribution in [3.63, 3.8) is 0 Å². The number of carbonyl (C=O) groups is 1. The average molecular weight is 381 g/mol. The van der Waals surface area contributed by atoms with Crippen LogP contribution in [0.4, 0.5) is 0 Å². The summed E-state index contributed by atoms with van der Waals surface area (Å²) in [4.78, 5) is 11.3. The van der Waals surface area contributed by atoms with Gasteiger partial charge in [0.1, 0.15) is 5.75 Å². The summed E-state index contributed by atoms with van der Waals surface area (Å²) >= 11 is 5.56. The van der Waals surface area contributed by atoms with Gasteiger partial charge in [-0.3, -0.25) is 4.79 Å². The van der Waals surface area contributed by atoms with E-state index in [9.17, 15) is 4.79 Å². The third-order valence-corrected chi connectivity index (χ3v) is 5.06. The molecule has 0 saturated carbocycles. The Hall–Kier alpha value is -1.02. The van der Waals surface area contributed by atoms with Gasteiger partial charge in [-0.25, -0.2) is 0 Å². The normalized spacial score (nSPS) is 10.8. The smallest absolute Gasteiger partial charge is 0.256 e. The molecule has 0 aliphatic heterocycles. The van der Waals surface area contributed by atoms with E-state index in [4.69, 9.17) is 16.3 Å². The van der Waals surface area contributed by atoms with Crippen LogP contribution in [0.1, 0.15) is 107 Å². The third kappa shape index (κ3) is 11.6. The summed E-state index contributed by atoms with van der Waals surface area (Å²) < 4.78 is 5.70. The minimum absolute atomic E-state index is 0.457. The van der Waals surface area contributed by atoms with Crippen molar-refractivity contribution in [2.45, 2.75) is 96.8 Å². The minimum Gasteiger partial charge on any atom is -0.493 e. The zero-order valence-electron chi connectivity index (χ0n) is 16.6. The molecule has 0 bridgehead atoms. The SMILES string of the molecule is CCCCCCCCCCCCCCCCOc1ccccc1C(=O)Cl. The van der Waals surface area contributed by atoms with Crippen LogP contribution in [0.3, 0.4) is 0 Å². The summed E-state index contributed by atoms with van der Waals surface area (Å²) in [6, 6.07) is 7.17. The molecule has 1 rings (SSSR count). The Balaban J connectivity index is 1.88. The van der Waals surface area contributed by atoms with Crippen molar-refractivity contribution in [2.75, 3.05) is 6.61 Å². The number of benzene rings is 1. The molecule has 1 aromatic rings. The fraction of sp³-hybridized carbons (Fsp3) is 0.696. The molecule has 26 heavy (non-hydrogen) atoms. The van der Waals surface area contributed by atoms with Gasteiger partial charge in [0.2, 0.25) is 0 Å². The molecule has 0 radical (unpaired) electrons. The van der Waals surface area contributed by atoms with Crippen LogP contribution < -0.4 is 4.74 Å². The van der Waals surface area contributed by atoms with E-state index in [0.29, 0.717) is 17.9 Å². The first-order valence-corrected chi connectivity index (χ1v) is 11.0. The molecule has 0 aliphatic carbocycles. The van der Waals surface area contributed by atoms with E-state index in [1.54, 1.807) is 18.2 Å². The fourth-order valence-electron chi connectivity index (χ4n) is 3.23. The summed E-state index contributed by atoms with van der Waals surface area (Å²) in [5.74, 6) is 0.599. The van der Waals surface area contributed by atoms with Crippen LogP contribution in [-0.2, 0) is 0 Å². The summed E-state index contributed by atoms with van der Waals surface area (Å²) in [7, 11) is 0. The monoisotopic (exact) mass is 380 g/mol. The standard InChI is InChI=1S/C23H37ClO2/c1-2-3-4-5-6-7-8-9-10-11-12-13-14-17-20-26-22-19-16-15-18-21(22)23(24)25/h15-16,18-19H,2-14,17,20H2,1H3. The highest BCUT2D eigenvalue weighted by atomic mass is 35.5. The van der Waals surface area contributed by atoms with Gasteiger partial charge >= 0.3 is 0 Å². The lowest BCUT2D eigenvalue weighted by atomic mass is 10.0. The Morgan fingerprint density at radius 3 is 1.73 bits per heavy atom. The van der Waals surface area contributed by atoms with Crippen LogP contribution in [0.2, 0.25) is 0 Å². The van der Waals surface area contributed by atoms with Crippen molar-refractivity contribution < 1.29 is 9.53 Å². The maximum atomic E-state index is 11.3. The Morgan fingerprint density at radius 2 is 1.23 bits per heavy atom. The minimum atomic E-state index is -0.457. The Morgan fingerprint density at radius 1 is 0.769 bits per heavy atom. The molecule has 1 aromatic carbocycles. The summed E-state index contributed by atoms with van der Waals surface area (Å²) in [5, 5.41) is -0.457. The van der Waals surface area contributed by atoms with Gasteiger partial charge in [0.25, 0.3) is 5.24 Å². The molecule has 0 heterocycles.